The summed E-state index contributed by atoms with van der Waals surface area (Å²) in [4.78, 5) is 43.6. The summed E-state index contributed by atoms with van der Waals surface area (Å²) in [5, 5.41) is 20.8. The first-order valence-corrected chi connectivity index (χ1v) is 12.5. The molecule has 1 aromatic rings. The predicted octanol–water partition coefficient (Wildman–Crippen LogP) is 3.23. The largest absolute Gasteiger partial charge is 0.481 e. The zero-order chi connectivity index (χ0) is 26.2. The van der Waals surface area contributed by atoms with E-state index in [1.807, 2.05) is 13.8 Å². The second-order valence-electron chi connectivity index (χ2n) is 10.8. The molecule has 0 radical (unpaired) electrons. The highest BCUT2D eigenvalue weighted by atomic mass is 16.5. The molecule has 10 heteroatoms. The number of nitrogens with two attached hydrogens (primary N) is 1. The Morgan fingerprint density at radius 3 is 2.31 bits per heavy atom. The van der Waals surface area contributed by atoms with E-state index in [0.717, 1.165) is 31.4 Å². The van der Waals surface area contributed by atoms with Gasteiger partial charge in [0.2, 0.25) is 0 Å². The van der Waals surface area contributed by atoms with E-state index >= 15 is 0 Å². The van der Waals surface area contributed by atoms with Crippen molar-refractivity contribution in [1.82, 2.24) is 15.0 Å². The first-order chi connectivity index (χ1) is 16.4. The average Bonchev–Trinajstić information content (AvgIpc) is 3.26. The number of hydrogen-bond acceptors (Lipinski definition) is 8. The molecule has 35 heavy (non-hydrogen) atoms. The van der Waals surface area contributed by atoms with E-state index in [-0.39, 0.29) is 31.0 Å². The number of Topliss-reactive ketones (excluding diaryl/α,β-unsaturated/α-hetero) is 1. The number of aromatic amines is 1. The number of hydrogen-bond donors (Lipinski definition) is 4. The van der Waals surface area contributed by atoms with Crippen LogP contribution in [0.3, 0.4) is 0 Å². The molecule has 0 amide bonds. The number of nitrogens with zero attached hydrogens (tertiary/aromatic N) is 2. The highest BCUT2D eigenvalue weighted by Crippen LogP contribution is 2.43. The molecular formula is C25H42N4O6. The number of rotatable bonds is 14. The normalized spacial score (nSPS) is 22.5. The average molecular weight is 495 g/mol. The van der Waals surface area contributed by atoms with Gasteiger partial charge in [0.05, 0.1) is 23.8 Å². The summed E-state index contributed by atoms with van der Waals surface area (Å²) >= 11 is 0. The van der Waals surface area contributed by atoms with Gasteiger partial charge in [-0.25, -0.2) is 4.98 Å². The maximum Gasteiger partial charge on any atom is 0.306 e. The van der Waals surface area contributed by atoms with Gasteiger partial charge in [-0.2, -0.15) is 5.06 Å². The van der Waals surface area contributed by atoms with Crippen molar-refractivity contribution in [2.24, 2.45) is 11.7 Å². The van der Waals surface area contributed by atoms with E-state index in [0.29, 0.717) is 19.3 Å². The molecule has 1 aliphatic heterocycles. The van der Waals surface area contributed by atoms with Gasteiger partial charge in [0.1, 0.15) is 6.10 Å². The predicted molar refractivity (Wildman–Crippen MR) is 130 cm³/mol. The number of carboxylic acid groups (broad SMARTS) is 1. The molecule has 1 saturated heterocycles. The van der Waals surface area contributed by atoms with Crippen molar-refractivity contribution in [3.63, 3.8) is 0 Å². The number of esters is 1. The number of carbonyl (C=O) groups is 3. The number of carboxylic acids is 1. The molecule has 2 rings (SSSR count). The molecule has 1 fully saturated rings. The van der Waals surface area contributed by atoms with Gasteiger partial charge in [0.15, 0.2) is 5.78 Å². The van der Waals surface area contributed by atoms with Crippen LogP contribution in [0, 0.1) is 5.92 Å². The standard InChI is InChI=1S/C25H42N4O6/c1-24(2)14-19(35-21(32)12-10-8-6-5-7-9-11-20(30)31)22(25(3,4)29(24)34)23(33)18(26)13-17-15-27-16-28-17/h15-16,18-19,22,34H,5-14,26H2,1-4H3,(H,27,28)(H,30,31)/t18-,19?,22?/m0/s1. The van der Waals surface area contributed by atoms with Crippen molar-refractivity contribution in [1.29, 1.82) is 0 Å². The van der Waals surface area contributed by atoms with Gasteiger partial charge >= 0.3 is 11.9 Å². The highest BCUT2D eigenvalue weighted by molar-refractivity contribution is 5.88. The van der Waals surface area contributed by atoms with Crippen molar-refractivity contribution < 1.29 is 29.4 Å². The van der Waals surface area contributed by atoms with Crippen LogP contribution in [0.15, 0.2) is 12.5 Å². The third kappa shape index (κ3) is 8.12. The van der Waals surface area contributed by atoms with Crippen LogP contribution in [0.5, 0.6) is 0 Å². The fourth-order valence-corrected chi connectivity index (χ4v) is 5.15. The summed E-state index contributed by atoms with van der Waals surface area (Å²) in [5.41, 5.74) is 5.30. The zero-order valence-corrected chi connectivity index (χ0v) is 21.5. The number of carbonyl (C=O) groups excluding carboxylic acids is 2. The van der Waals surface area contributed by atoms with Crippen LogP contribution >= 0.6 is 0 Å². The smallest absolute Gasteiger partial charge is 0.306 e. The van der Waals surface area contributed by atoms with E-state index in [1.54, 1.807) is 20.0 Å². The van der Waals surface area contributed by atoms with Crippen molar-refractivity contribution in [3.05, 3.63) is 18.2 Å². The van der Waals surface area contributed by atoms with Crippen LogP contribution in [0.2, 0.25) is 0 Å². The number of aliphatic carboxylic acids is 1. The van der Waals surface area contributed by atoms with E-state index < -0.39 is 35.1 Å². The second kappa shape index (κ2) is 12.6. The lowest BCUT2D eigenvalue weighted by Gasteiger charge is -2.55. The molecule has 0 aromatic carbocycles. The molecule has 3 atom stereocenters. The Bertz CT molecular complexity index is 839. The number of imidazole rings is 1. The fraction of sp³-hybridized carbons (Fsp3) is 0.760. The maximum atomic E-state index is 13.5. The molecule has 1 aromatic heterocycles. The van der Waals surface area contributed by atoms with Gasteiger partial charge in [-0.05, 0) is 40.5 Å². The first-order valence-electron chi connectivity index (χ1n) is 12.5. The number of piperidine rings is 1. The molecule has 0 aliphatic carbocycles. The number of nitrogens with one attached hydrogen (secondary N) is 1. The van der Waals surface area contributed by atoms with Gasteiger partial charge < -0.3 is 25.8 Å². The van der Waals surface area contributed by atoms with Crippen molar-refractivity contribution in [3.8, 4) is 0 Å². The van der Waals surface area contributed by atoms with Gasteiger partial charge in [0.25, 0.3) is 0 Å². The van der Waals surface area contributed by atoms with Crippen molar-refractivity contribution in [2.75, 3.05) is 0 Å². The summed E-state index contributed by atoms with van der Waals surface area (Å²) in [6, 6.07) is -0.836. The topological polar surface area (TPSA) is 159 Å². The summed E-state index contributed by atoms with van der Waals surface area (Å²) in [5.74, 6) is -2.20. The molecule has 198 valence electrons. The number of aromatic nitrogens is 2. The minimum absolute atomic E-state index is 0.192. The number of H-pyrrole nitrogens is 1. The van der Waals surface area contributed by atoms with E-state index in [2.05, 4.69) is 9.97 Å². The fourth-order valence-electron chi connectivity index (χ4n) is 5.15. The molecule has 0 saturated carbocycles. The van der Waals surface area contributed by atoms with Gasteiger partial charge in [0, 0.05) is 43.1 Å². The number of hydroxylamine groups is 2. The molecule has 0 bridgehead atoms. The second-order valence-corrected chi connectivity index (χ2v) is 10.8. The highest BCUT2D eigenvalue weighted by Gasteiger charge is 2.56. The Kier molecular flexibility index (Phi) is 10.4. The molecule has 1 aliphatic rings. The number of ether oxygens (including phenoxy) is 1. The molecule has 2 unspecified atom stereocenters. The molecular weight excluding hydrogens is 452 g/mol. The van der Waals surface area contributed by atoms with E-state index in [4.69, 9.17) is 15.6 Å². The lowest BCUT2D eigenvalue weighted by molar-refractivity contribution is -0.276. The summed E-state index contributed by atoms with van der Waals surface area (Å²) in [6.07, 6.45) is 8.37. The summed E-state index contributed by atoms with van der Waals surface area (Å²) in [7, 11) is 0. The Balaban J connectivity index is 1.97. The quantitative estimate of drug-likeness (QED) is 0.225. The molecule has 0 spiro atoms. The van der Waals surface area contributed by atoms with Crippen LogP contribution in [0.1, 0.15) is 91.2 Å². The molecule has 2 heterocycles. The van der Waals surface area contributed by atoms with Crippen LogP contribution in [-0.2, 0) is 25.5 Å². The monoisotopic (exact) mass is 494 g/mol. The van der Waals surface area contributed by atoms with E-state index in [1.165, 1.54) is 11.4 Å². The maximum absolute atomic E-state index is 13.5. The lowest BCUT2D eigenvalue weighted by Crippen LogP contribution is -2.68. The van der Waals surface area contributed by atoms with Crippen LogP contribution < -0.4 is 5.73 Å². The molecule has 5 N–H and O–H groups in total. The summed E-state index contributed by atoms with van der Waals surface area (Å²) < 4.78 is 5.86. The first kappa shape index (κ1) is 28.9. The SMILES string of the molecule is CC1(C)CC(OC(=O)CCCCCCCCC(=O)O)C(C(=O)[C@@H](N)Cc2cnc[nH]2)C(C)(C)N1O. The third-order valence-corrected chi connectivity index (χ3v) is 6.92. The molecule has 10 nitrogen and oxygen atoms in total. The van der Waals surface area contributed by atoms with Crippen LogP contribution in [0.25, 0.3) is 0 Å². The van der Waals surface area contributed by atoms with Crippen molar-refractivity contribution in [2.45, 2.75) is 115 Å². The van der Waals surface area contributed by atoms with Gasteiger partial charge in [-0.1, -0.05) is 25.7 Å². The third-order valence-electron chi connectivity index (χ3n) is 6.92. The lowest BCUT2D eigenvalue weighted by atomic mass is 9.69. The number of unbranched alkanes of at least 4 members (excludes halogenated alkanes) is 5. The van der Waals surface area contributed by atoms with Gasteiger partial charge in [-0.3, -0.25) is 14.4 Å². The Hall–Kier alpha value is -2.30. The Morgan fingerprint density at radius 1 is 1.14 bits per heavy atom. The zero-order valence-electron chi connectivity index (χ0n) is 21.5. The van der Waals surface area contributed by atoms with Crippen molar-refractivity contribution >= 4 is 17.7 Å². The Labute approximate surface area is 207 Å². The Morgan fingerprint density at radius 2 is 1.74 bits per heavy atom. The van der Waals surface area contributed by atoms with Gasteiger partial charge in [-0.15, -0.1) is 0 Å². The minimum atomic E-state index is -0.995. The number of ketones is 1. The summed E-state index contributed by atoms with van der Waals surface area (Å²) in [6.45, 7) is 7.24. The van der Waals surface area contributed by atoms with E-state index in [9.17, 15) is 19.6 Å². The van der Waals surface area contributed by atoms with Crippen LogP contribution in [0.4, 0.5) is 0 Å². The minimum Gasteiger partial charge on any atom is -0.481 e. The van der Waals surface area contributed by atoms with Crippen LogP contribution in [-0.4, -0.2) is 66.3 Å².